The first-order valence-corrected chi connectivity index (χ1v) is 9.08. The number of aromatic nitrogens is 1. The minimum absolute atomic E-state index is 0.185. The molecule has 27 heavy (non-hydrogen) atoms. The van der Waals surface area contributed by atoms with E-state index in [1.54, 1.807) is 13.3 Å². The van der Waals surface area contributed by atoms with Crippen molar-refractivity contribution in [1.82, 2.24) is 9.88 Å². The van der Waals surface area contributed by atoms with Gasteiger partial charge in [-0.15, -0.1) is 0 Å². The zero-order valence-electron chi connectivity index (χ0n) is 15.9. The van der Waals surface area contributed by atoms with Crippen LogP contribution in [0.15, 0.2) is 53.5 Å². The quantitative estimate of drug-likeness (QED) is 0.730. The number of carbonyl (C=O) groups excluding carboxylic acids is 1. The number of nitrogens with zero attached hydrogens (tertiary/aromatic N) is 1. The van der Waals surface area contributed by atoms with Crippen molar-refractivity contribution in [2.24, 2.45) is 0 Å². The molecule has 0 saturated carbocycles. The van der Waals surface area contributed by atoms with Crippen molar-refractivity contribution in [1.29, 1.82) is 0 Å². The summed E-state index contributed by atoms with van der Waals surface area (Å²) in [5.41, 5.74) is 2.91. The number of hydrogen-bond acceptors (Lipinski definition) is 3. The summed E-state index contributed by atoms with van der Waals surface area (Å²) in [7, 11) is 1.63. The monoisotopic (exact) mass is 364 g/mol. The molecule has 3 rings (SSSR count). The maximum Gasteiger partial charge on any atom is 0.256 e. The van der Waals surface area contributed by atoms with Gasteiger partial charge in [0, 0.05) is 24.7 Å². The third-order valence-electron chi connectivity index (χ3n) is 4.68. The van der Waals surface area contributed by atoms with Crippen molar-refractivity contribution in [3.63, 3.8) is 0 Å². The van der Waals surface area contributed by atoms with Crippen molar-refractivity contribution in [3.8, 4) is 5.75 Å². The van der Waals surface area contributed by atoms with Gasteiger partial charge in [-0.1, -0.05) is 23.8 Å². The molecule has 1 amide bonds. The second-order valence-corrected chi connectivity index (χ2v) is 6.53. The normalized spacial score (nSPS) is 10.8. The lowest BCUT2D eigenvalue weighted by atomic mass is 10.1. The van der Waals surface area contributed by atoms with Gasteiger partial charge in [0.05, 0.1) is 12.6 Å². The number of benzene rings is 2. The highest BCUT2D eigenvalue weighted by atomic mass is 16.5. The Kier molecular flexibility index (Phi) is 5.60. The second kappa shape index (κ2) is 8.08. The number of nitrogens with one attached hydrogen (secondary N) is 1. The van der Waals surface area contributed by atoms with Crippen LogP contribution >= 0.6 is 0 Å². The number of pyridine rings is 1. The Morgan fingerprint density at radius 3 is 2.56 bits per heavy atom. The average molecular weight is 364 g/mol. The summed E-state index contributed by atoms with van der Waals surface area (Å²) in [6, 6.07) is 13.5. The first-order valence-electron chi connectivity index (χ1n) is 9.08. The van der Waals surface area contributed by atoms with Crippen molar-refractivity contribution in [2.75, 3.05) is 13.7 Å². The fourth-order valence-corrected chi connectivity index (χ4v) is 3.14. The third-order valence-corrected chi connectivity index (χ3v) is 4.68. The Labute approximate surface area is 158 Å². The predicted molar refractivity (Wildman–Crippen MR) is 108 cm³/mol. The topological polar surface area (TPSA) is 60.3 Å². The summed E-state index contributed by atoms with van der Waals surface area (Å²) < 4.78 is 7.08. The highest BCUT2D eigenvalue weighted by molar-refractivity contribution is 5.97. The molecule has 0 aliphatic rings. The molecule has 1 heterocycles. The van der Waals surface area contributed by atoms with Gasteiger partial charge in [0.15, 0.2) is 0 Å². The maximum atomic E-state index is 12.8. The van der Waals surface area contributed by atoms with E-state index < -0.39 is 0 Å². The minimum Gasteiger partial charge on any atom is -0.497 e. The van der Waals surface area contributed by atoms with Gasteiger partial charge in [-0.3, -0.25) is 9.59 Å². The number of amides is 1. The second-order valence-electron chi connectivity index (χ2n) is 6.53. The molecule has 0 unspecified atom stereocenters. The molecule has 1 aromatic heterocycles. The standard InChI is InChI=1S/C22H24N2O3/c1-4-24-14-19(21(25)18-13-15(2)5-10-20(18)24)22(26)23-12-11-16-6-8-17(27-3)9-7-16/h5-10,13-14H,4,11-12H2,1-3H3,(H,23,26). The van der Waals surface area contributed by atoms with Gasteiger partial charge in [0.1, 0.15) is 11.3 Å². The van der Waals surface area contributed by atoms with Gasteiger partial charge in [-0.05, 0) is 50.1 Å². The number of aryl methyl sites for hydroxylation is 2. The largest absolute Gasteiger partial charge is 0.497 e. The van der Waals surface area contributed by atoms with Crippen molar-refractivity contribution < 1.29 is 9.53 Å². The zero-order valence-corrected chi connectivity index (χ0v) is 15.9. The summed E-state index contributed by atoms with van der Waals surface area (Å²) in [6.45, 7) is 5.08. The Hall–Kier alpha value is -3.08. The van der Waals surface area contributed by atoms with Gasteiger partial charge >= 0.3 is 0 Å². The molecular weight excluding hydrogens is 340 g/mol. The van der Waals surface area contributed by atoms with E-state index in [1.165, 1.54) is 0 Å². The highest BCUT2D eigenvalue weighted by Gasteiger charge is 2.15. The Bertz CT molecular complexity index is 1020. The molecular formula is C22H24N2O3. The molecule has 0 atom stereocenters. The Morgan fingerprint density at radius 2 is 1.89 bits per heavy atom. The van der Waals surface area contributed by atoms with Crippen molar-refractivity contribution in [3.05, 3.63) is 75.6 Å². The molecule has 0 saturated heterocycles. The van der Waals surface area contributed by atoms with Gasteiger partial charge in [0.25, 0.3) is 5.91 Å². The van der Waals surface area contributed by atoms with Crippen molar-refractivity contribution in [2.45, 2.75) is 26.8 Å². The van der Waals surface area contributed by atoms with Crippen LogP contribution in [0.25, 0.3) is 10.9 Å². The first-order chi connectivity index (χ1) is 13.0. The van der Waals surface area contributed by atoms with E-state index in [2.05, 4.69) is 5.32 Å². The van der Waals surface area contributed by atoms with E-state index >= 15 is 0 Å². The predicted octanol–water partition coefficient (Wildman–Crippen LogP) is 3.31. The summed E-state index contributed by atoms with van der Waals surface area (Å²) in [5, 5.41) is 3.45. The van der Waals surface area contributed by atoms with Crippen LogP contribution in [0.2, 0.25) is 0 Å². The number of methoxy groups -OCH3 is 1. The van der Waals surface area contributed by atoms with Crippen LogP contribution in [0.5, 0.6) is 5.75 Å². The van der Waals surface area contributed by atoms with Crippen LogP contribution in [0.3, 0.4) is 0 Å². The number of carbonyl (C=O) groups is 1. The molecule has 1 N–H and O–H groups in total. The Morgan fingerprint density at radius 1 is 1.15 bits per heavy atom. The highest BCUT2D eigenvalue weighted by Crippen LogP contribution is 2.14. The SMILES string of the molecule is CCn1cc(C(=O)NCCc2ccc(OC)cc2)c(=O)c2cc(C)ccc21. The van der Waals surface area contributed by atoms with Gasteiger partial charge < -0.3 is 14.6 Å². The Balaban J connectivity index is 1.78. The van der Waals surface area contributed by atoms with Crippen LogP contribution in [0.4, 0.5) is 0 Å². The first kappa shape index (κ1) is 18.7. The number of ether oxygens (including phenoxy) is 1. The summed E-state index contributed by atoms with van der Waals surface area (Å²) in [4.78, 5) is 25.4. The van der Waals surface area contributed by atoms with Crippen LogP contribution in [-0.4, -0.2) is 24.1 Å². The molecule has 0 spiro atoms. The van der Waals surface area contributed by atoms with E-state index in [9.17, 15) is 9.59 Å². The fourth-order valence-electron chi connectivity index (χ4n) is 3.14. The number of fused-ring (bicyclic) bond motifs is 1. The molecule has 0 aliphatic carbocycles. The summed E-state index contributed by atoms with van der Waals surface area (Å²) in [6.07, 6.45) is 2.34. The van der Waals surface area contributed by atoms with Crippen LogP contribution < -0.4 is 15.5 Å². The molecule has 0 aliphatic heterocycles. The fraction of sp³-hybridized carbons (Fsp3) is 0.273. The van der Waals surface area contributed by atoms with Gasteiger partial charge in [0.2, 0.25) is 5.43 Å². The van der Waals surface area contributed by atoms with E-state index in [-0.39, 0.29) is 16.9 Å². The van der Waals surface area contributed by atoms with E-state index in [0.717, 1.165) is 22.4 Å². The third kappa shape index (κ3) is 4.03. The molecule has 140 valence electrons. The van der Waals surface area contributed by atoms with Crippen LogP contribution in [0.1, 0.15) is 28.4 Å². The summed E-state index contributed by atoms with van der Waals surface area (Å²) in [5.74, 6) is 0.466. The molecule has 2 aromatic carbocycles. The van der Waals surface area contributed by atoms with Gasteiger partial charge in [-0.2, -0.15) is 0 Å². The lowest BCUT2D eigenvalue weighted by Crippen LogP contribution is -2.31. The van der Waals surface area contributed by atoms with Crippen LogP contribution in [0, 0.1) is 6.92 Å². The van der Waals surface area contributed by atoms with Crippen molar-refractivity contribution >= 4 is 16.8 Å². The molecule has 0 bridgehead atoms. The molecule has 0 fully saturated rings. The molecule has 5 nitrogen and oxygen atoms in total. The maximum absolute atomic E-state index is 12.8. The zero-order chi connectivity index (χ0) is 19.4. The lowest BCUT2D eigenvalue weighted by molar-refractivity contribution is 0.0952. The summed E-state index contributed by atoms with van der Waals surface area (Å²) >= 11 is 0. The van der Waals surface area contributed by atoms with Gasteiger partial charge in [-0.25, -0.2) is 0 Å². The molecule has 0 radical (unpaired) electrons. The molecule has 3 aromatic rings. The minimum atomic E-state index is -0.334. The lowest BCUT2D eigenvalue weighted by Gasteiger charge is -2.12. The number of rotatable bonds is 6. The van der Waals surface area contributed by atoms with E-state index in [4.69, 9.17) is 4.74 Å². The number of hydrogen-bond donors (Lipinski definition) is 1. The smallest absolute Gasteiger partial charge is 0.256 e. The van der Waals surface area contributed by atoms with Crippen LogP contribution in [-0.2, 0) is 13.0 Å². The average Bonchev–Trinajstić information content (AvgIpc) is 2.69. The van der Waals surface area contributed by atoms with E-state index in [1.807, 2.05) is 60.9 Å². The molecule has 5 heteroatoms. The van der Waals surface area contributed by atoms with E-state index in [0.29, 0.717) is 24.9 Å².